The van der Waals surface area contributed by atoms with Gasteiger partial charge in [-0.05, 0) is 30.2 Å². The molecule has 0 amide bonds. The van der Waals surface area contributed by atoms with Crippen molar-refractivity contribution in [3.63, 3.8) is 0 Å². The predicted octanol–water partition coefficient (Wildman–Crippen LogP) is 3.93. The summed E-state index contributed by atoms with van der Waals surface area (Å²) < 4.78 is 6.53. The van der Waals surface area contributed by atoms with E-state index < -0.39 is 0 Å². The first-order valence-electron chi connectivity index (χ1n) is 9.44. The minimum Gasteiger partial charge on any atom is -0.497 e. The molecule has 0 atom stereocenters. The Hall–Kier alpha value is -3.52. The Morgan fingerprint density at radius 3 is 2.53 bits per heavy atom. The van der Waals surface area contributed by atoms with Crippen LogP contribution < -0.4 is 10.3 Å². The summed E-state index contributed by atoms with van der Waals surface area (Å²) in [4.78, 5) is 17.4. The number of nitrogens with zero attached hydrogens (tertiary/aromatic N) is 4. The van der Waals surface area contributed by atoms with E-state index in [1.807, 2.05) is 37.3 Å². The summed E-state index contributed by atoms with van der Waals surface area (Å²) >= 11 is 1.39. The van der Waals surface area contributed by atoms with Gasteiger partial charge in [-0.1, -0.05) is 48.6 Å². The first-order chi connectivity index (χ1) is 14.6. The maximum Gasteiger partial charge on any atom is 0.261 e. The maximum absolute atomic E-state index is 13.1. The van der Waals surface area contributed by atoms with Gasteiger partial charge in [-0.3, -0.25) is 9.36 Å². The lowest BCUT2D eigenvalue weighted by Crippen LogP contribution is -2.22. The van der Waals surface area contributed by atoms with Crippen LogP contribution in [0.1, 0.15) is 23.1 Å². The summed E-state index contributed by atoms with van der Waals surface area (Å²) in [6, 6.07) is 14.5. The van der Waals surface area contributed by atoms with Gasteiger partial charge in [-0.2, -0.15) is 0 Å². The third kappa shape index (κ3) is 3.81. The molecule has 0 unspecified atom stereocenters. The number of ether oxygens (including phenoxy) is 1. The molecule has 0 radical (unpaired) electrons. The van der Waals surface area contributed by atoms with Gasteiger partial charge in [0.1, 0.15) is 10.8 Å². The van der Waals surface area contributed by atoms with Crippen molar-refractivity contribution >= 4 is 33.5 Å². The van der Waals surface area contributed by atoms with Crippen LogP contribution in [0.15, 0.2) is 58.3 Å². The molecule has 2 aromatic heterocycles. The monoisotopic (exact) mass is 420 g/mol. The van der Waals surface area contributed by atoms with E-state index in [0.29, 0.717) is 21.5 Å². The summed E-state index contributed by atoms with van der Waals surface area (Å²) in [6.45, 7) is 2.22. The molecule has 0 spiro atoms. The zero-order valence-electron chi connectivity index (χ0n) is 16.6. The van der Waals surface area contributed by atoms with Crippen LogP contribution >= 0.6 is 11.3 Å². The molecule has 8 heteroatoms. The average molecular weight is 420 g/mol. The van der Waals surface area contributed by atoms with E-state index in [0.717, 1.165) is 22.7 Å². The second-order valence-corrected chi connectivity index (χ2v) is 7.65. The number of hydrogen-bond acceptors (Lipinski definition) is 7. The highest BCUT2D eigenvalue weighted by Crippen LogP contribution is 2.26. The smallest absolute Gasteiger partial charge is 0.261 e. The van der Waals surface area contributed by atoms with E-state index in [4.69, 9.17) is 4.74 Å². The molecule has 0 saturated carbocycles. The molecule has 0 saturated heterocycles. The molecular formula is C22H20N4O3S. The lowest BCUT2D eigenvalue weighted by atomic mass is 10.1. The Bertz CT molecular complexity index is 1280. The molecule has 0 fully saturated rings. The van der Waals surface area contributed by atoms with E-state index in [1.165, 1.54) is 15.9 Å². The molecule has 2 heterocycles. The van der Waals surface area contributed by atoms with Crippen LogP contribution in [0.25, 0.3) is 10.8 Å². The van der Waals surface area contributed by atoms with Gasteiger partial charge in [-0.15, -0.1) is 10.2 Å². The fourth-order valence-corrected chi connectivity index (χ4v) is 3.78. The Labute approximate surface area is 176 Å². The Morgan fingerprint density at radius 1 is 1.13 bits per heavy atom. The van der Waals surface area contributed by atoms with Crippen molar-refractivity contribution in [3.05, 3.63) is 75.0 Å². The van der Waals surface area contributed by atoms with Crippen LogP contribution in [0, 0.1) is 0 Å². The van der Waals surface area contributed by atoms with Crippen LogP contribution in [0.3, 0.4) is 0 Å². The van der Waals surface area contributed by atoms with Crippen LogP contribution in [0.5, 0.6) is 11.6 Å². The molecule has 0 aliphatic carbocycles. The van der Waals surface area contributed by atoms with Crippen molar-refractivity contribution in [1.82, 2.24) is 14.8 Å². The third-order valence-corrected chi connectivity index (χ3v) is 5.73. The fourth-order valence-electron chi connectivity index (χ4n) is 3.16. The van der Waals surface area contributed by atoms with Gasteiger partial charge in [0.2, 0.25) is 11.0 Å². The van der Waals surface area contributed by atoms with Crippen LogP contribution in [0.2, 0.25) is 0 Å². The second-order valence-electron chi connectivity index (χ2n) is 6.61. The summed E-state index contributed by atoms with van der Waals surface area (Å²) in [5, 5.41) is 21.6. The lowest BCUT2D eigenvalue weighted by Gasteiger charge is -2.14. The molecule has 0 aliphatic heterocycles. The topological polar surface area (TPSA) is 89.6 Å². The normalized spacial score (nSPS) is 11.4. The van der Waals surface area contributed by atoms with Crippen molar-refractivity contribution in [3.8, 4) is 11.6 Å². The van der Waals surface area contributed by atoms with Gasteiger partial charge in [0, 0.05) is 17.0 Å². The number of methoxy groups -OCH3 is 1. The molecular weight excluding hydrogens is 400 g/mol. The zero-order chi connectivity index (χ0) is 21.1. The fraction of sp³-hybridized carbons (Fsp3) is 0.182. The molecule has 0 aliphatic rings. The van der Waals surface area contributed by atoms with E-state index >= 15 is 0 Å². The van der Waals surface area contributed by atoms with E-state index in [9.17, 15) is 9.90 Å². The number of pyridine rings is 1. The number of aromatic hydroxyl groups is 1. The second kappa shape index (κ2) is 8.46. The number of benzene rings is 2. The standard InChI is InChI=1S/C22H20N4O3S/c1-3-19-24-25-22(30-19)23-12-18-16-6-4-5-7-17(16)20(27)26(21(18)28)13-14-8-10-15(29-2)11-9-14/h4-12,28H,3,13H2,1-2H3. The minimum atomic E-state index is -0.264. The van der Waals surface area contributed by atoms with Gasteiger partial charge in [0.05, 0.1) is 19.2 Å². The molecule has 7 nitrogen and oxygen atoms in total. The molecule has 4 aromatic rings. The van der Waals surface area contributed by atoms with Gasteiger partial charge in [0.15, 0.2) is 0 Å². The molecule has 2 aromatic carbocycles. The Morgan fingerprint density at radius 2 is 1.87 bits per heavy atom. The van der Waals surface area contributed by atoms with Crippen LogP contribution in [-0.2, 0) is 13.0 Å². The number of aryl methyl sites for hydroxylation is 1. The van der Waals surface area contributed by atoms with Gasteiger partial charge in [-0.25, -0.2) is 4.99 Å². The highest BCUT2D eigenvalue weighted by molar-refractivity contribution is 7.14. The Kier molecular flexibility index (Phi) is 5.58. The quantitative estimate of drug-likeness (QED) is 0.478. The first-order valence-corrected chi connectivity index (χ1v) is 10.3. The van der Waals surface area contributed by atoms with Crippen molar-refractivity contribution in [2.24, 2.45) is 4.99 Å². The number of aliphatic imine (C=N–C) groups is 1. The minimum absolute atomic E-state index is 0.140. The van der Waals surface area contributed by atoms with E-state index in [2.05, 4.69) is 15.2 Å². The lowest BCUT2D eigenvalue weighted by molar-refractivity contribution is 0.412. The zero-order valence-corrected chi connectivity index (χ0v) is 17.4. The first kappa shape index (κ1) is 19.8. The van der Waals surface area contributed by atoms with Crippen LogP contribution in [-0.4, -0.2) is 33.2 Å². The largest absolute Gasteiger partial charge is 0.497 e. The molecule has 152 valence electrons. The number of hydrogen-bond donors (Lipinski definition) is 1. The molecule has 4 rings (SSSR count). The number of aromatic nitrogens is 3. The third-order valence-electron chi connectivity index (χ3n) is 4.75. The number of rotatable bonds is 6. The Balaban J connectivity index is 1.81. The molecule has 1 N–H and O–H groups in total. The SMILES string of the molecule is CCc1nnc(N=Cc2c(O)n(Cc3ccc(OC)cc3)c(=O)c3ccccc23)s1. The summed E-state index contributed by atoms with van der Waals surface area (Å²) in [7, 11) is 1.60. The highest BCUT2D eigenvalue weighted by Gasteiger charge is 2.15. The summed E-state index contributed by atoms with van der Waals surface area (Å²) in [5.41, 5.74) is 1.07. The van der Waals surface area contributed by atoms with E-state index in [1.54, 1.807) is 31.5 Å². The van der Waals surface area contributed by atoms with Crippen molar-refractivity contribution in [2.75, 3.05) is 7.11 Å². The van der Waals surface area contributed by atoms with Crippen LogP contribution in [0.4, 0.5) is 5.13 Å². The molecule has 0 bridgehead atoms. The van der Waals surface area contributed by atoms with E-state index in [-0.39, 0.29) is 18.0 Å². The maximum atomic E-state index is 13.1. The van der Waals surface area contributed by atoms with Gasteiger partial charge >= 0.3 is 0 Å². The average Bonchev–Trinajstić information content (AvgIpc) is 3.25. The summed E-state index contributed by atoms with van der Waals surface area (Å²) in [6.07, 6.45) is 2.33. The van der Waals surface area contributed by atoms with Gasteiger partial charge in [0.25, 0.3) is 5.56 Å². The predicted molar refractivity (Wildman–Crippen MR) is 119 cm³/mol. The van der Waals surface area contributed by atoms with Crippen molar-refractivity contribution < 1.29 is 9.84 Å². The van der Waals surface area contributed by atoms with Crippen molar-refractivity contribution in [2.45, 2.75) is 19.9 Å². The summed E-state index contributed by atoms with van der Waals surface area (Å²) in [5.74, 6) is 0.587. The van der Waals surface area contributed by atoms with Gasteiger partial charge < -0.3 is 9.84 Å². The number of fused-ring (bicyclic) bond motifs is 1. The molecule has 30 heavy (non-hydrogen) atoms. The highest BCUT2D eigenvalue weighted by atomic mass is 32.1. The van der Waals surface area contributed by atoms with Crippen molar-refractivity contribution in [1.29, 1.82) is 0 Å².